The van der Waals surface area contributed by atoms with E-state index in [2.05, 4.69) is 21.8 Å². The van der Waals surface area contributed by atoms with Crippen LogP contribution in [0.2, 0.25) is 0 Å². The van der Waals surface area contributed by atoms with E-state index in [-0.39, 0.29) is 40.7 Å². The maximum atomic E-state index is 13.2. The molecule has 1 aliphatic rings. The summed E-state index contributed by atoms with van der Waals surface area (Å²) in [5, 5.41) is 14.6. The van der Waals surface area contributed by atoms with Crippen LogP contribution in [-0.2, 0) is 24.6 Å². The lowest BCUT2D eigenvalue weighted by Gasteiger charge is -2.24. The summed E-state index contributed by atoms with van der Waals surface area (Å²) in [5.41, 5.74) is -0.00120. The summed E-state index contributed by atoms with van der Waals surface area (Å²) >= 11 is 0. The van der Waals surface area contributed by atoms with Crippen LogP contribution in [0.5, 0.6) is 11.5 Å². The Morgan fingerprint density at radius 1 is 1.11 bits per heavy atom. The fourth-order valence-corrected chi connectivity index (χ4v) is 3.62. The number of aromatic hydroxyl groups is 1. The fourth-order valence-electron chi connectivity index (χ4n) is 3.62. The summed E-state index contributed by atoms with van der Waals surface area (Å²) in [4.78, 5) is 2.09. The Kier molecular flexibility index (Phi) is 7.28. The largest absolute Gasteiger partial charge is 0.506 e. The summed E-state index contributed by atoms with van der Waals surface area (Å²) in [6, 6.07) is 9.63. The Labute approximate surface area is 199 Å². The molecule has 184 valence electrons. The number of ether oxygens (including phenoxy) is 2. The molecule has 0 spiro atoms. The third kappa shape index (κ3) is 5.93. The number of phenolic OH excluding ortho intramolecular Hbond substituents is 1. The molecule has 0 amide bonds. The molecule has 0 atom stereocenters. The number of alkyl halides is 3. The van der Waals surface area contributed by atoms with Crippen molar-refractivity contribution in [3.63, 3.8) is 0 Å². The second-order valence-electron chi connectivity index (χ2n) is 7.98. The zero-order valence-electron chi connectivity index (χ0n) is 18.9. The number of rotatable bonds is 5. The van der Waals surface area contributed by atoms with Crippen molar-refractivity contribution in [3.05, 3.63) is 65.1 Å². The number of aromatic nitrogens is 2. The molecule has 0 saturated carbocycles. The summed E-state index contributed by atoms with van der Waals surface area (Å²) in [5.74, 6) is 5.50. The monoisotopic (exact) mass is 489 g/mol. The molecule has 0 bridgehead atoms. The lowest BCUT2D eigenvalue weighted by Crippen LogP contribution is -2.36. The SMILES string of the molecule is Cn1nc(C(F)(F)F)cc1-c1ccc(OCc2ccc(F)cc2)c(C#CCN2CCOCC2)c1O. The van der Waals surface area contributed by atoms with Crippen LogP contribution in [0.3, 0.4) is 0 Å². The maximum Gasteiger partial charge on any atom is 0.435 e. The summed E-state index contributed by atoms with van der Waals surface area (Å²) in [6.07, 6.45) is -4.62. The minimum Gasteiger partial charge on any atom is -0.506 e. The molecular weight excluding hydrogens is 466 g/mol. The molecule has 2 heterocycles. The van der Waals surface area contributed by atoms with Crippen molar-refractivity contribution in [3.8, 4) is 34.6 Å². The normalized spacial score (nSPS) is 14.4. The van der Waals surface area contributed by atoms with Crippen molar-refractivity contribution in [1.82, 2.24) is 14.7 Å². The molecule has 35 heavy (non-hydrogen) atoms. The predicted octanol–water partition coefficient (Wildman–Crippen LogP) is 4.21. The van der Waals surface area contributed by atoms with Crippen molar-refractivity contribution in [1.29, 1.82) is 0 Å². The van der Waals surface area contributed by atoms with Crippen LogP contribution < -0.4 is 4.74 Å². The lowest BCUT2D eigenvalue weighted by atomic mass is 10.0. The molecule has 6 nitrogen and oxygen atoms in total. The van der Waals surface area contributed by atoms with Gasteiger partial charge < -0.3 is 14.6 Å². The molecule has 3 aromatic rings. The Bertz CT molecular complexity index is 1240. The summed E-state index contributed by atoms with van der Waals surface area (Å²) in [7, 11) is 1.37. The first kappa shape index (κ1) is 24.6. The highest BCUT2D eigenvalue weighted by Gasteiger charge is 2.35. The molecule has 10 heteroatoms. The fraction of sp³-hybridized carbons (Fsp3) is 0.320. The zero-order valence-corrected chi connectivity index (χ0v) is 18.9. The second-order valence-corrected chi connectivity index (χ2v) is 7.98. The zero-order chi connectivity index (χ0) is 25.0. The second kappa shape index (κ2) is 10.4. The van der Waals surface area contributed by atoms with Gasteiger partial charge in [-0.1, -0.05) is 24.0 Å². The number of halogens is 4. The highest BCUT2D eigenvalue weighted by Crippen LogP contribution is 2.39. The predicted molar refractivity (Wildman–Crippen MR) is 120 cm³/mol. The van der Waals surface area contributed by atoms with Gasteiger partial charge in [-0.15, -0.1) is 0 Å². The summed E-state index contributed by atoms with van der Waals surface area (Å²) < 4.78 is 64.9. The van der Waals surface area contributed by atoms with E-state index >= 15 is 0 Å². The third-order valence-electron chi connectivity index (χ3n) is 5.51. The molecule has 0 aliphatic carbocycles. The Hall–Kier alpha value is -3.55. The minimum atomic E-state index is -4.62. The van der Waals surface area contributed by atoms with E-state index in [4.69, 9.17) is 9.47 Å². The van der Waals surface area contributed by atoms with Crippen molar-refractivity contribution in [2.24, 2.45) is 7.05 Å². The smallest absolute Gasteiger partial charge is 0.435 e. The van der Waals surface area contributed by atoms with E-state index < -0.39 is 11.9 Å². The Balaban J connectivity index is 1.67. The van der Waals surface area contributed by atoms with Gasteiger partial charge in [0.25, 0.3) is 0 Å². The molecule has 1 aromatic heterocycles. The van der Waals surface area contributed by atoms with E-state index in [9.17, 15) is 22.7 Å². The van der Waals surface area contributed by atoms with Gasteiger partial charge in [0.2, 0.25) is 0 Å². The third-order valence-corrected chi connectivity index (χ3v) is 5.51. The van der Waals surface area contributed by atoms with E-state index in [1.807, 2.05) is 0 Å². The van der Waals surface area contributed by atoms with Gasteiger partial charge in [-0.05, 0) is 35.9 Å². The molecule has 1 saturated heterocycles. The number of nitrogens with zero attached hydrogens (tertiary/aromatic N) is 3. The molecule has 0 radical (unpaired) electrons. The van der Waals surface area contributed by atoms with E-state index in [0.29, 0.717) is 25.3 Å². The average molecular weight is 489 g/mol. The highest BCUT2D eigenvalue weighted by atomic mass is 19.4. The van der Waals surface area contributed by atoms with Gasteiger partial charge in [0.05, 0.1) is 25.5 Å². The Morgan fingerprint density at radius 3 is 2.49 bits per heavy atom. The van der Waals surface area contributed by atoms with Gasteiger partial charge >= 0.3 is 6.18 Å². The van der Waals surface area contributed by atoms with Gasteiger partial charge in [-0.3, -0.25) is 9.58 Å². The molecule has 2 aromatic carbocycles. The van der Waals surface area contributed by atoms with Crippen LogP contribution in [0.25, 0.3) is 11.3 Å². The maximum absolute atomic E-state index is 13.2. The quantitative estimate of drug-likeness (QED) is 0.430. The van der Waals surface area contributed by atoms with E-state index in [0.717, 1.165) is 23.8 Å². The average Bonchev–Trinajstić information content (AvgIpc) is 3.23. The van der Waals surface area contributed by atoms with Crippen molar-refractivity contribution >= 4 is 0 Å². The van der Waals surface area contributed by atoms with Crippen molar-refractivity contribution in [2.45, 2.75) is 12.8 Å². The topological polar surface area (TPSA) is 59.8 Å². The number of phenols is 1. The van der Waals surface area contributed by atoms with E-state index in [1.165, 1.54) is 31.3 Å². The minimum absolute atomic E-state index is 0.0798. The first-order valence-corrected chi connectivity index (χ1v) is 10.9. The van der Waals surface area contributed by atoms with Crippen LogP contribution in [0, 0.1) is 17.7 Å². The molecule has 1 aliphatic heterocycles. The van der Waals surface area contributed by atoms with Gasteiger partial charge in [-0.2, -0.15) is 18.3 Å². The molecule has 1 fully saturated rings. The Morgan fingerprint density at radius 2 is 1.83 bits per heavy atom. The highest BCUT2D eigenvalue weighted by molar-refractivity contribution is 5.74. The van der Waals surface area contributed by atoms with Gasteiger partial charge in [0, 0.05) is 25.7 Å². The number of morpholine rings is 1. The van der Waals surface area contributed by atoms with Crippen LogP contribution in [0.1, 0.15) is 16.8 Å². The van der Waals surface area contributed by atoms with Crippen LogP contribution >= 0.6 is 0 Å². The first-order valence-electron chi connectivity index (χ1n) is 10.9. The number of benzene rings is 2. The molecule has 0 unspecified atom stereocenters. The lowest BCUT2D eigenvalue weighted by molar-refractivity contribution is -0.141. The molecular formula is C25H23F4N3O3. The van der Waals surface area contributed by atoms with Crippen molar-refractivity contribution in [2.75, 3.05) is 32.8 Å². The number of hydrogen-bond acceptors (Lipinski definition) is 5. The standard InChI is InChI=1S/C25H23F4N3O3/c1-31-21(15-23(30-31)25(27,28)29)19-8-9-22(35-16-17-4-6-18(26)7-5-17)20(24(19)33)3-2-10-32-11-13-34-14-12-32/h4-9,15,33H,10-14,16H2,1H3. The summed E-state index contributed by atoms with van der Waals surface area (Å²) in [6.45, 7) is 3.18. The van der Waals surface area contributed by atoms with Crippen molar-refractivity contribution < 1.29 is 32.1 Å². The van der Waals surface area contributed by atoms with Crippen LogP contribution in [-0.4, -0.2) is 52.6 Å². The van der Waals surface area contributed by atoms with E-state index in [1.54, 1.807) is 12.1 Å². The van der Waals surface area contributed by atoms with Gasteiger partial charge in [-0.25, -0.2) is 4.39 Å². The molecule has 4 rings (SSSR count). The molecule has 1 N–H and O–H groups in total. The van der Waals surface area contributed by atoms with Crippen LogP contribution in [0.4, 0.5) is 17.6 Å². The first-order chi connectivity index (χ1) is 16.7. The van der Waals surface area contributed by atoms with Gasteiger partial charge in [0.1, 0.15) is 29.5 Å². The van der Waals surface area contributed by atoms with Gasteiger partial charge in [0.15, 0.2) is 5.69 Å². The number of aryl methyl sites for hydroxylation is 1. The number of hydrogen-bond donors (Lipinski definition) is 1. The van der Waals surface area contributed by atoms with Crippen LogP contribution in [0.15, 0.2) is 42.5 Å².